The van der Waals surface area contributed by atoms with E-state index in [0.717, 1.165) is 0 Å². The molecular weight excluding hydrogens is 386 g/mol. The number of amides is 2. The second-order valence-electron chi connectivity index (χ2n) is 6.90. The van der Waals surface area contributed by atoms with Crippen molar-refractivity contribution in [1.29, 1.82) is 0 Å². The van der Waals surface area contributed by atoms with Gasteiger partial charge in [-0.2, -0.15) is 4.98 Å². The summed E-state index contributed by atoms with van der Waals surface area (Å²) in [4.78, 5) is 54.5. The van der Waals surface area contributed by atoms with Crippen molar-refractivity contribution in [2.45, 2.75) is 25.9 Å². The van der Waals surface area contributed by atoms with Gasteiger partial charge < -0.3 is 5.32 Å². The molecule has 0 saturated carbocycles. The quantitative estimate of drug-likeness (QED) is 0.603. The molecule has 2 atom stereocenters. The highest BCUT2D eigenvalue weighted by Crippen LogP contribution is 2.31. The Morgan fingerprint density at radius 2 is 1.73 bits per heavy atom. The maximum atomic E-state index is 13.1. The third-order valence-corrected chi connectivity index (χ3v) is 4.91. The van der Waals surface area contributed by atoms with Gasteiger partial charge in [0.1, 0.15) is 0 Å². The van der Waals surface area contributed by atoms with Crippen LogP contribution in [-0.2, 0) is 0 Å². The Labute approximate surface area is 171 Å². The highest BCUT2D eigenvalue weighted by Gasteiger charge is 2.36. The third-order valence-electron chi connectivity index (χ3n) is 4.91. The second kappa shape index (κ2) is 7.74. The molecule has 3 aromatic rings. The lowest BCUT2D eigenvalue weighted by molar-refractivity contribution is 0.0972. The Bertz CT molecular complexity index is 1150. The van der Waals surface area contributed by atoms with Crippen LogP contribution >= 0.6 is 0 Å². The van der Waals surface area contributed by atoms with Gasteiger partial charge in [0.25, 0.3) is 17.4 Å². The van der Waals surface area contributed by atoms with Crippen molar-refractivity contribution in [1.82, 2.24) is 19.9 Å². The highest BCUT2D eigenvalue weighted by molar-refractivity contribution is 6.08. The van der Waals surface area contributed by atoms with Gasteiger partial charge in [0.15, 0.2) is 11.5 Å². The Kier molecular flexibility index (Phi) is 4.97. The van der Waals surface area contributed by atoms with E-state index >= 15 is 0 Å². The summed E-state index contributed by atoms with van der Waals surface area (Å²) in [5, 5.41) is 5.69. The first-order chi connectivity index (χ1) is 14.5. The van der Waals surface area contributed by atoms with Crippen molar-refractivity contribution < 1.29 is 9.59 Å². The number of aromatic amines is 1. The summed E-state index contributed by atoms with van der Waals surface area (Å²) in [5.41, 5.74) is 0.220. The Morgan fingerprint density at radius 1 is 1.07 bits per heavy atom. The minimum Gasteiger partial charge on any atom is -0.364 e. The summed E-state index contributed by atoms with van der Waals surface area (Å²) in [6.45, 7) is 3.72. The number of fused-ring (bicyclic) bond motifs is 1. The van der Waals surface area contributed by atoms with Crippen LogP contribution < -0.4 is 21.1 Å². The molecule has 152 valence electrons. The molecule has 2 unspecified atom stereocenters. The lowest BCUT2D eigenvalue weighted by Gasteiger charge is -2.38. The second-order valence-corrected chi connectivity index (χ2v) is 6.90. The molecule has 1 aliphatic rings. The molecule has 1 aliphatic heterocycles. The minimum absolute atomic E-state index is 0.0318. The fourth-order valence-corrected chi connectivity index (χ4v) is 3.21. The monoisotopic (exact) mass is 405 g/mol. The molecule has 0 fully saturated rings. The number of hydrogen-bond donors (Lipinski definition) is 3. The Morgan fingerprint density at radius 3 is 2.37 bits per heavy atom. The molecule has 0 saturated heterocycles. The van der Waals surface area contributed by atoms with E-state index in [2.05, 4.69) is 30.6 Å². The number of nitrogens with one attached hydrogen (secondary N) is 3. The van der Waals surface area contributed by atoms with Crippen LogP contribution in [0.4, 0.5) is 17.5 Å². The topological polar surface area (TPSA) is 133 Å². The first-order valence-electron chi connectivity index (χ1n) is 9.31. The van der Waals surface area contributed by atoms with Crippen LogP contribution in [0.2, 0.25) is 0 Å². The zero-order valence-corrected chi connectivity index (χ0v) is 16.3. The zero-order chi connectivity index (χ0) is 21.3. The van der Waals surface area contributed by atoms with E-state index in [-0.39, 0.29) is 35.4 Å². The number of rotatable bonds is 3. The van der Waals surface area contributed by atoms with Gasteiger partial charge in [-0.3, -0.25) is 39.6 Å². The van der Waals surface area contributed by atoms with Crippen LogP contribution in [0, 0.1) is 0 Å². The van der Waals surface area contributed by atoms with E-state index in [1.807, 2.05) is 13.8 Å². The van der Waals surface area contributed by atoms with Crippen LogP contribution in [0.15, 0.2) is 53.8 Å². The molecule has 10 nitrogen and oxygen atoms in total. The van der Waals surface area contributed by atoms with Crippen molar-refractivity contribution >= 4 is 29.3 Å². The summed E-state index contributed by atoms with van der Waals surface area (Å²) in [7, 11) is 0. The average molecular weight is 405 g/mol. The van der Waals surface area contributed by atoms with E-state index in [9.17, 15) is 14.4 Å². The minimum atomic E-state index is -0.551. The van der Waals surface area contributed by atoms with Crippen molar-refractivity contribution in [2.24, 2.45) is 0 Å². The maximum Gasteiger partial charge on any atom is 0.278 e. The smallest absolute Gasteiger partial charge is 0.278 e. The van der Waals surface area contributed by atoms with Crippen molar-refractivity contribution in [3.63, 3.8) is 0 Å². The van der Waals surface area contributed by atoms with Gasteiger partial charge in [0, 0.05) is 30.8 Å². The zero-order valence-electron chi connectivity index (χ0n) is 16.3. The lowest BCUT2D eigenvalue weighted by Crippen LogP contribution is -2.53. The summed E-state index contributed by atoms with van der Waals surface area (Å²) >= 11 is 0. The molecule has 0 aliphatic carbocycles. The van der Waals surface area contributed by atoms with Gasteiger partial charge in [0.05, 0.1) is 17.2 Å². The number of aromatic nitrogens is 4. The van der Waals surface area contributed by atoms with E-state index < -0.39 is 11.5 Å². The fraction of sp³-hybridized carbons (Fsp3) is 0.200. The largest absolute Gasteiger partial charge is 0.364 e. The van der Waals surface area contributed by atoms with Gasteiger partial charge in [-0.15, -0.1) is 0 Å². The van der Waals surface area contributed by atoms with Crippen LogP contribution in [0.25, 0.3) is 0 Å². The summed E-state index contributed by atoms with van der Waals surface area (Å²) in [6, 6.07) is 6.01. The van der Waals surface area contributed by atoms with Gasteiger partial charge in [-0.1, -0.05) is 0 Å². The lowest BCUT2D eigenvalue weighted by atomic mass is 10.0. The van der Waals surface area contributed by atoms with Crippen LogP contribution in [0.5, 0.6) is 0 Å². The fourth-order valence-electron chi connectivity index (χ4n) is 3.21. The number of H-pyrrole nitrogens is 1. The SMILES string of the molecule is CC1Nc2nc(NC(=O)c3cccnc3)[nH]c(=O)c2N(C(=O)c2cccnc2)C1C. The highest BCUT2D eigenvalue weighted by atomic mass is 16.2. The summed E-state index contributed by atoms with van der Waals surface area (Å²) < 4.78 is 0. The molecule has 2 amide bonds. The number of hydrogen-bond acceptors (Lipinski definition) is 7. The Balaban J connectivity index is 1.71. The van der Waals surface area contributed by atoms with E-state index in [1.54, 1.807) is 36.7 Å². The molecule has 30 heavy (non-hydrogen) atoms. The first-order valence-corrected chi connectivity index (χ1v) is 9.31. The molecule has 0 radical (unpaired) electrons. The first kappa shape index (κ1) is 19.2. The molecule has 10 heteroatoms. The molecule has 4 heterocycles. The molecule has 0 aromatic carbocycles. The standard InChI is InChI=1S/C20H19N7O3/c1-11-12(2)27(19(30)14-6-4-8-22-10-14)15-16(23-11)24-20(26-18(15)29)25-17(28)13-5-3-7-21-9-13/h3-12H,1-2H3,(H3,23,24,25,26,28,29). The van der Waals surface area contributed by atoms with Crippen molar-refractivity contribution in [3.05, 3.63) is 70.5 Å². The summed E-state index contributed by atoms with van der Waals surface area (Å²) in [6.07, 6.45) is 5.98. The predicted octanol–water partition coefficient (Wildman–Crippen LogP) is 1.66. The number of carbonyl (C=O) groups is 2. The van der Waals surface area contributed by atoms with Crippen molar-refractivity contribution in [3.8, 4) is 0 Å². The van der Waals surface area contributed by atoms with Crippen LogP contribution in [0.3, 0.4) is 0 Å². The third kappa shape index (κ3) is 3.50. The van der Waals surface area contributed by atoms with Gasteiger partial charge in [0.2, 0.25) is 5.95 Å². The van der Waals surface area contributed by atoms with Gasteiger partial charge in [-0.05, 0) is 38.1 Å². The predicted molar refractivity (Wildman–Crippen MR) is 111 cm³/mol. The van der Waals surface area contributed by atoms with Crippen LogP contribution in [-0.4, -0.2) is 43.8 Å². The normalized spacial score (nSPS) is 17.6. The number of carbonyl (C=O) groups excluding carboxylic acids is 2. The van der Waals surface area contributed by atoms with Crippen molar-refractivity contribution in [2.75, 3.05) is 15.5 Å². The van der Waals surface area contributed by atoms with Gasteiger partial charge in [-0.25, -0.2) is 0 Å². The summed E-state index contributed by atoms with van der Waals surface area (Å²) in [5.74, 6) is -0.643. The van der Waals surface area contributed by atoms with E-state index in [1.165, 1.54) is 17.3 Å². The molecular formula is C20H19N7O3. The van der Waals surface area contributed by atoms with E-state index in [0.29, 0.717) is 11.1 Å². The van der Waals surface area contributed by atoms with E-state index in [4.69, 9.17) is 0 Å². The molecule has 0 bridgehead atoms. The number of anilines is 3. The number of pyridine rings is 2. The van der Waals surface area contributed by atoms with Crippen LogP contribution in [0.1, 0.15) is 34.6 Å². The maximum absolute atomic E-state index is 13.1. The average Bonchev–Trinajstić information content (AvgIpc) is 2.76. The number of nitrogens with zero attached hydrogens (tertiary/aromatic N) is 4. The molecule has 0 spiro atoms. The molecule has 3 N–H and O–H groups in total. The Hall–Kier alpha value is -4.08. The molecule has 4 rings (SSSR count). The molecule has 3 aromatic heterocycles. The van der Waals surface area contributed by atoms with Gasteiger partial charge >= 0.3 is 0 Å².